The van der Waals surface area contributed by atoms with E-state index in [9.17, 15) is 9.59 Å². The van der Waals surface area contributed by atoms with Crippen LogP contribution in [-0.4, -0.2) is 34.7 Å². The molecule has 2 N–H and O–H groups in total. The van der Waals surface area contributed by atoms with Gasteiger partial charge in [-0.15, -0.1) is 0 Å². The largest absolute Gasteiger partial charge is 0.465 e. The second-order valence-electron chi connectivity index (χ2n) is 6.89. The van der Waals surface area contributed by atoms with E-state index in [1.54, 1.807) is 39.1 Å². The molecule has 8 heteroatoms. The molecular weight excluding hydrogens is 348 g/mol. The predicted octanol–water partition coefficient (Wildman–Crippen LogP) is 3.53. The topological polar surface area (TPSA) is 102 Å². The minimum atomic E-state index is -0.585. The van der Waals surface area contributed by atoms with Crippen LogP contribution < -0.4 is 10.6 Å². The number of hydrogen-bond donors (Lipinski definition) is 2. The Kier molecular flexibility index (Phi) is 6.33. The number of carbonyl (C=O) groups excluding carboxylic acids is 2. The van der Waals surface area contributed by atoms with Crippen LogP contribution in [0.3, 0.4) is 0 Å². The molecule has 27 heavy (non-hydrogen) atoms. The Morgan fingerprint density at radius 2 is 1.89 bits per heavy atom. The van der Waals surface area contributed by atoms with Crippen molar-refractivity contribution in [3.05, 3.63) is 47.4 Å². The molecule has 0 saturated carbocycles. The first-order valence-electron chi connectivity index (χ1n) is 8.41. The summed E-state index contributed by atoms with van der Waals surface area (Å²) >= 11 is 0. The molecule has 1 heterocycles. The van der Waals surface area contributed by atoms with Crippen LogP contribution in [0.25, 0.3) is 0 Å². The van der Waals surface area contributed by atoms with E-state index in [1.165, 1.54) is 13.3 Å². The third-order valence-corrected chi connectivity index (χ3v) is 3.45. The number of ether oxygens (including phenoxy) is 2. The molecule has 2 rings (SSSR count). The van der Waals surface area contributed by atoms with Gasteiger partial charge in [0.2, 0.25) is 0 Å². The van der Waals surface area contributed by atoms with Crippen LogP contribution in [-0.2, 0) is 16.0 Å². The van der Waals surface area contributed by atoms with E-state index in [4.69, 9.17) is 9.47 Å². The molecular formula is C19H24N4O4. The summed E-state index contributed by atoms with van der Waals surface area (Å²) < 4.78 is 9.90. The first-order valence-corrected chi connectivity index (χ1v) is 8.41. The number of aromatic nitrogens is 2. The molecule has 0 aliphatic rings. The van der Waals surface area contributed by atoms with Gasteiger partial charge in [0.05, 0.1) is 37.3 Å². The lowest BCUT2D eigenvalue weighted by molar-refractivity contribution is 0.0598. The molecule has 1 amide bonds. The van der Waals surface area contributed by atoms with Crippen LogP contribution in [0.4, 0.5) is 16.3 Å². The van der Waals surface area contributed by atoms with Crippen LogP contribution >= 0.6 is 0 Å². The molecule has 1 aromatic carbocycles. The Morgan fingerprint density at radius 1 is 1.15 bits per heavy atom. The van der Waals surface area contributed by atoms with Crippen LogP contribution in [0.15, 0.2) is 30.6 Å². The monoisotopic (exact) mass is 372 g/mol. The number of esters is 1. The quantitative estimate of drug-likeness (QED) is 0.774. The Hall–Kier alpha value is -3.16. The summed E-state index contributed by atoms with van der Waals surface area (Å²) in [5.41, 5.74) is 2.34. The molecule has 0 saturated heterocycles. The predicted molar refractivity (Wildman–Crippen MR) is 102 cm³/mol. The van der Waals surface area contributed by atoms with E-state index >= 15 is 0 Å². The first kappa shape index (κ1) is 20.2. The van der Waals surface area contributed by atoms with Crippen molar-refractivity contribution in [2.75, 3.05) is 17.7 Å². The number of benzene rings is 1. The van der Waals surface area contributed by atoms with Crippen molar-refractivity contribution < 1.29 is 19.1 Å². The van der Waals surface area contributed by atoms with Crippen molar-refractivity contribution in [1.82, 2.24) is 9.97 Å². The summed E-state index contributed by atoms with van der Waals surface area (Å²) in [6, 6.07) is 5.28. The van der Waals surface area contributed by atoms with Gasteiger partial charge < -0.3 is 14.8 Å². The van der Waals surface area contributed by atoms with Crippen molar-refractivity contribution in [2.45, 2.75) is 39.8 Å². The van der Waals surface area contributed by atoms with Crippen LogP contribution in [0, 0.1) is 6.92 Å². The van der Waals surface area contributed by atoms with Gasteiger partial charge in [0.15, 0.2) is 5.82 Å². The standard InChI is InChI=1S/C19H24N4O4/c1-12-6-7-13(17(24)26-5)8-15(12)21-9-14-10-22-16(11-20-14)23-18(25)27-19(2,3)4/h6-8,10-11,21H,9H2,1-5H3,(H,22,23,25). The number of methoxy groups -OCH3 is 1. The smallest absolute Gasteiger partial charge is 0.413 e. The minimum absolute atomic E-state index is 0.303. The zero-order valence-corrected chi connectivity index (χ0v) is 16.1. The fraction of sp³-hybridized carbons (Fsp3) is 0.368. The first-order chi connectivity index (χ1) is 12.7. The minimum Gasteiger partial charge on any atom is -0.465 e. The lowest BCUT2D eigenvalue weighted by atomic mass is 10.1. The number of anilines is 2. The van der Waals surface area contributed by atoms with E-state index in [1.807, 2.05) is 13.0 Å². The van der Waals surface area contributed by atoms with E-state index in [2.05, 4.69) is 20.6 Å². The van der Waals surface area contributed by atoms with Gasteiger partial charge in [-0.05, 0) is 45.4 Å². The summed E-state index contributed by atoms with van der Waals surface area (Å²) in [7, 11) is 1.34. The fourth-order valence-electron chi connectivity index (χ4n) is 2.16. The van der Waals surface area contributed by atoms with Gasteiger partial charge in [-0.2, -0.15) is 0 Å². The van der Waals surface area contributed by atoms with Gasteiger partial charge in [-0.3, -0.25) is 10.3 Å². The zero-order valence-electron chi connectivity index (χ0n) is 16.1. The molecule has 0 spiro atoms. The molecule has 2 aromatic rings. The van der Waals surface area contributed by atoms with Crippen molar-refractivity contribution in [1.29, 1.82) is 0 Å². The maximum absolute atomic E-state index is 11.7. The second-order valence-corrected chi connectivity index (χ2v) is 6.89. The number of carbonyl (C=O) groups is 2. The molecule has 1 aromatic heterocycles. The highest BCUT2D eigenvalue weighted by Crippen LogP contribution is 2.18. The van der Waals surface area contributed by atoms with Gasteiger partial charge in [0.1, 0.15) is 5.60 Å². The normalized spacial score (nSPS) is 10.9. The van der Waals surface area contributed by atoms with Crippen LogP contribution in [0.1, 0.15) is 42.4 Å². The van der Waals surface area contributed by atoms with Crippen molar-refractivity contribution in [3.63, 3.8) is 0 Å². The molecule has 0 aliphatic heterocycles. The molecule has 0 atom stereocenters. The fourth-order valence-corrected chi connectivity index (χ4v) is 2.16. The number of nitrogens with one attached hydrogen (secondary N) is 2. The number of hydrogen-bond acceptors (Lipinski definition) is 7. The van der Waals surface area contributed by atoms with Gasteiger partial charge in [-0.1, -0.05) is 6.07 Å². The van der Waals surface area contributed by atoms with Gasteiger partial charge >= 0.3 is 12.1 Å². The maximum Gasteiger partial charge on any atom is 0.413 e. The Labute approximate surface area is 158 Å². The second kappa shape index (κ2) is 8.48. The molecule has 0 bridgehead atoms. The SMILES string of the molecule is COC(=O)c1ccc(C)c(NCc2cnc(NC(=O)OC(C)(C)C)cn2)c1. The van der Waals surface area contributed by atoms with E-state index in [0.717, 1.165) is 11.3 Å². The zero-order chi connectivity index (χ0) is 20.0. The summed E-state index contributed by atoms with van der Waals surface area (Å²) in [6.07, 6.45) is 2.43. The highest BCUT2D eigenvalue weighted by molar-refractivity contribution is 5.90. The summed E-state index contributed by atoms with van der Waals surface area (Å²) in [5.74, 6) is -0.0905. The van der Waals surface area contributed by atoms with E-state index in [-0.39, 0.29) is 0 Å². The molecule has 0 unspecified atom stereocenters. The molecule has 0 fully saturated rings. The van der Waals surface area contributed by atoms with Crippen molar-refractivity contribution >= 4 is 23.6 Å². The summed E-state index contributed by atoms with van der Waals surface area (Å²) in [6.45, 7) is 7.69. The third kappa shape index (κ3) is 6.25. The maximum atomic E-state index is 11.7. The Morgan fingerprint density at radius 3 is 2.48 bits per heavy atom. The average molecular weight is 372 g/mol. The third-order valence-electron chi connectivity index (χ3n) is 3.45. The Balaban J connectivity index is 1.97. The number of nitrogens with zero attached hydrogens (tertiary/aromatic N) is 2. The van der Waals surface area contributed by atoms with Crippen LogP contribution in [0.2, 0.25) is 0 Å². The van der Waals surface area contributed by atoms with Crippen molar-refractivity contribution in [3.8, 4) is 0 Å². The van der Waals surface area contributed by atoms with Gasteiger partial charge in [-0.25, -0.2) is 14.6 Å². The number of amides is 1. The average Bonchev–Trinajstić information content (AvgIpc) is 2.60. The van der Waals surface area contributed by atoms with Gasteiger partial charge in [0, 0.05) is 5.69 Å². The molecule has 0 radical (unpaired) electrons. The lowest BCUT2D eigenvalue weighted by Crippen LogP contribution is -2.27. The summed E-state index contributed by atoms with van der Waals surface area (Å²) in [4.78, 5) is 31.8. The highest BCUT2D eigenvalue weighted by Gasteiger charge is 2.16. The highest BCUT2D eigenvalue weighted by atomic mass is 16.6. The molecule has 144 valence electrons. The lowest BCUT2D eigenvalue weighted by Gasteiger charge is -2.19. The Bertz CT molecular complexity index is 813. The van der Waals surface area contributed by atoms with Crippen LogP contribution in [0.5, 0.6) is 0 Å². The number of aryl methyl sites for hydroxylation is 1. The van der Waals surface area contributed by atoms with Crippen molar-refractivity contribution in [2.24, 2.45) is 0 Å². The number of rotatable bonds is 5. The van der Waals surface area contributed by atoms with Gasteiger partial charge in [0.25, 0.3) is 0 Å². The van der Waals surface area contributed by atoms with E-state index in [0.29, 0.717) is 23.6 Å². The summed E-state index contributed by atoms with van der Waals surface area (Å²) in [5, 5.41) is 5.75. The molecule has 0 aliphatic carbocycles. The van der Waals surface area contributed by atoms with E-state index < -0.39 is 17.7 Å². The molecule has 8 nitrogen and oxygen atoms in total.